The molecular weight excluding hydrogens is 484 g/mol. The van der Waals surface area contributed by atoms with Gasteiger partial charge in [-0.15, -0.1) is 0 Å². The van der Waals surface area contributed by atoms with Crippen LogP contribution in [0.1, 0.15) is 71.1 Å². The van der Waals surface area contributed by atoms with E-state index in [1.54, 1.807) is 6.92 Å². The van der Waals surface area contributed by atoms with Crippen molar-refractivity contribution in [1.82, 2.24) is 0 Å². The molecule has 0 bridgehead atoms. The standard InChI is InChI=1S/C17H36BO11P3/c1-2-16(12-26-31(22,23)29-32(24,25)28-30(19,20)21)27-17(18)15-10-14(11-15)13-8-6-4-3-5-7-9-13/h13-17H,2-12,18H2,1H3,(H,22,23)(H,24,25)(H2,19,20,21)/t14?,15?,16-,17-/m0/s1. The third kappa shape index (κ3) is 10.4. The first-order valence-electron chi connectivity index (χ1n) is 11.2. The Morgan fingerprint density at radius 1 is 0.875 bits per heavy atom. The molecule has 2 fully saturated rings. The summed E-state index contributed by atoms with van der Waals surface area (Å²) in [7, 11) is -14.1. The maximum absolute atomic E-state index is 11.9. The number of hydrogen-bond donors (Lipinski definition) is 4. The van der Waals surface area contributed by atoms with Gasteiger partial charge in [0.1, 0.15) is 7.85 Å². The molecule has 32 heavy (non-hydrogen) atoms. The van der Waals surface area contributed by atoms with Gasteiger partial charge in [-0.05, 0) is 37.0 Å². The Morgan fingerprint density at radius 2 is 1.44 bits per heavy atom. The molecule has 2 rings (SSSR count). The van der Waals surface area contributed by atoms with Gasteiger partial charge in [-0.2, -0.15) is 8.62 Å². The topological polar surface area (TPSA) is 169 Å². The molecule has 4 atom stereocenters. The van der Waals surface area contributed by atoms with Gasteiger partial charge < -0.3 is 24.3 Å². The molecule has 2 aliphatic rings. The lowest BCUT2D eigenvalue weighted by molar-refractivity contribution is -0.0604. The Balaban J connectivity index is 1.76. The number of phosphoric acid groups is 3. The van der Waals surface area contributed by atoms with Gasteiger partial charge in [0.05, 0.1) is 12.7 Å². The Labute approximate surface area is 190 Å². The fraction of sp³-hybridized carbons (Fsp3) is 1.00. The maximum Gasteiger partial charge on any atom is 0.490 e. The molecule has 188 valence electrons. The van der Waals surface area contributed by atoms with Crippen LogP contribution in [0, 0.1) is 17.8 Å². The van der Waals surface area contributed by atoms with Crippen molar-refractivity contribution in [2.45, 2.75) is 83.2 Å². The fourth-order valence-corrected chi connectivity index (χ4v) is 7.63. The minimum absolute atomic E-state index is 0.0747. The van der Waals surface area contributed by atoms with Gasteiger partial charge in [-0.25, -0.2) is 13.7 Å². The summed E-state index contributed by atoms with van der Waals surface area (Å²) >= 11 is 0. The van der Waals surface area contributed by atoms with Crippen LogP contribution in [0.2, 0.25) is 0 Å². The van der Waals surface area contributed by atoms with E-state index in [4.69, 9.17) is 19.0 Å². The summed E-state index contributed by atoms with van der Waals surface area (Å²) in [6, 6.07) is -0.0747. The molecule has 0 heterocycles. The molecule has 0 radical (unpaired) electrons. The van der Waals surface area contributed by atoms with Gasteiger partial charge in [-0.3, -0.25) is 4.52 Å². The zero-order valence-corrected chi connectivity index (χ0v) is 21.3. The van der Waals surface area contributed by atoms with Crippen molar-refractivity contribution in [2.24, 2.45) is 17.8 Å². The van der Waals surface area contributed by atoms with Gasteiger partial charge in [0, 0.05) is 6.00 Å². The van der Waals surface area contributed by atoms with Crippen LogP contribution in [0.15, 0.2) is 0 Å². The summed E-state index contributed by atoms with van der Waals surface area (Å²) < 4.78 is 52.1. The zero-order chi connectivity index (χ0) is 24.0. The maximum atomic E-state index is 11.9. The van der Waals surface area contributed by atoms with Gasteiger partial charge in [0.25, 0.3) is 0 Å². The lowest BCUT2D eigenvalue weighted by Crippen LogP contribution is -2.41. The molecule has 2 unspecified atom stereocenters. The predicted octanol–water partition coefficient (Wildman–Crippen LogP) is 3.47. The van der Waals surface area contributed by atoms with Gasteiger partial charge in [0.15, 0.2) is 0 Å². The van der Waals surface area contributed by atoms with E-state index in [1.165, 1.54) is 44.9 Å². The highest BCUT2D eigenvalue weighted by molar-refractivity contribution is 7.66. The molecule has 2 saturated carbocycles. The van der Waals surface area contributed by atoms with Crippen molar-refractivity contribution < 1.29 is 51.2 Å². The van der Waals surface area contributed by atoms with Crippen LogP contribution in [0.5, 0.6) is 0 Å². The van der Waals surface area contributed by atoms with Crippen LogP contribution in [-0.2, 0) is 31.6 Å². The van der Waals surface area contributed by atoms with E-state index < -0.39 is 36.2 Å². The molecule has 2 aliphatic carbocycles. The number of hydrogen-bond acceptors (Lipinski definition) is 7. The van der Waals surface area contributed by atoms with Crippen LogP contribution >= 0.6 is 23.5 Å². The lowest BCUT2D eigenvalue weighted by atomic mass is 9.61. The van der Waals surface area contributed by atoms with Crippen molar-refractivity contribution in [2.75, 3.05) is 6.61 Å². The zero-order valence-electron chi connectivity index (χ0n) is 18.7. The lowest BCUT2D eigenvalue weighted by Gasteiger charge is -2.44. The monoisotopic (exact) mass is 520 g/mol. The minimum atomic E-state index is -5.51. The smallest absolute Gasteiger partial charge is 0.381 e. The molecule has 0 amide bonds. The Bertz CT molecular complexity index is 719. The van der Waals surface area contributed by atoms with Crippen LogP contribution in [0.25, 0.3) is 0 Å². The van der Waals surface area contributed by atoms with E-state index in [0.29, 0.717) is 12.3 Å². The van der Waals surface area contributed by atoms with Crippen LogP contribution in [0.3, 0.4) is 0 Å². The van der Waals surface area contributed by atoms with Gasteiger partial charge >= 0.3 is 23.5 Å². The third-order valence-corrected chi connectivity index (χ3v) is 10.2. The molecule has 0 aromatic carbocycles. The van der Waals surface area contributed by atoms with Crippen molar-refractivity contribution in [3.8, 4) is 0 Å². The summed E-state index contributed by atoms with van der Waals surface area (Å²) in [5, 5.41) is 0. The summed E-state index contributed by atoms with van der Waals surface area (Å²) in [5.74, 6) is 1.94. The SMILES string of the molecule is B[C@@H](O[C@@H](CC)COP(=O)(O)OP(=O)(O)OP(=O)(O)O)C1CC(C2CCCCCCC2)C1. The summed E-state index contributed by atoms with van der Waals surface area (Å²) in [6.45, 7) is 1.40. The van der Waals surface area contributed by atoms with E-state index >= 15 is 0 Å². The van der Waals surface area contributed by atoms with Crippen LogP contribution < -0.4 is 0 Å². The molecule has 11 nitrogen and oxygen atoms in total. The molecular formula is C17H36BO11P3. The largest absolute Gasteiger partial charge is 0.490 e. The normalized spacial score (nSPS) is 29.0. The Morgan fingerprint density at radius 3 is 1.97 bits per heavy atom. The quantitative estimate of drug-likeness (QED) is 0.220. The molecule has 0 aromatic rings. The Hall–Kier alpha value is 0.435. The van der Waals surface area contributed by atoms with Gasteiger partial charge in [-0.1, -0.05) is 51.9 Å². The highest BCUT2D eigenvalue weighted by Crippen LogP contribution is 2.66. The van der Waals surface area contributed by atoms with Crippen molar-refractivity contribution in [3.63, 3.8) is 0 Å². The highest BCUT2D eigenvalue weighted by Gasteiger charge is 2.41. The van der Waals surface area contributed by atoms with E-state index in [0.717, 1.165) is 24.7 Å². The highest BCUT2D eigenvalue weighted by atomic mass is 31.3. The fourth-order valence-electron chi connectivity index (χ4n) is 4.58. The van der Waals surface area contributed by atoms with Gasteiger partial charge in [0.2, 0.25) is 0 Å². The molecule has 0 aliphatic heterocycles. The molecule has 0 spiro atoms. The van der Waals surface area contributed by atoms with E-state index in [9.17, 15) is 23.5 Å². The number of phosphoric ester groups is 1. The summed E-state index contributed by atoms with van der Waals surface area (Å²) in [6.07, 6.45) is 11.4. The number of rotatable bonds is 12. The minimum Gasteiger partial charge on any atom is -0.381 e. The molecule has 4 N–H and O–H groups in total. The first kappa shape index (κ1) is 28.7. The van der Waals surface area contributed by atoms with Crippen LogP contribution in [-0.4, -0.2) is 46.1 Å². The molecule has 15 heteroatoms. The summed E-state index contributed by atoms with van der Waals surface area (Å²) in [5.41, 5.74) is 0. The van der Waals surface area contributed by atoms with Crippen molar-refractivity contribution in [1.29, 1.82) is 0 Å². The van der Waals surface area contributed by atoms with Crippen molar-refractivity contribution >= 4 is 31.3 Å². The van der Waals surface area contributed by atoms with E-state index in [-0.39, 0.29) is 6.00 Å². The first-order valence-corrected chi connectivity index (χ1v) is 15.8. The summed E-state index contributed by atoms with van der Waals surface area (Å²) in [4.78, 5) is 35.9. The predicted molar refractivity (Wildman–Crippen MR) is 119 cm³/mol. The van der Waals surface area contributed by atoms with E-state index in [1.807, 2.05) is 7.85 Å². The molecule has 0 aromatic heterocycles. The number of ether oxygens (including phenoxy) is 1. The van der Waals surface area contributed by atoms with Crippen molar-refractivity contribution in [3.05, 3.63) is 0 Å². The van der Waals surface area contributed by atoms with E-state index in [2.05, 4.69) is 8.62 Å². The molecule has 0 saturated heterocycles. The first-order chi connectivity index (χ1) is 14.8. The second-order valence-electron chi connectivity index (χ2n) is 8.85. The average molecular weight is 520 g/mol. The average Bonchev–Trinajstić information content (AvgIpc) is 2.55. The van der Waals surface area contributed by atoms with Crippen LogP contribution in [0.4, 0.5) is 0 Å². The third-order valence-electron chi connectivity index (χ3n) is 6.39. The second-order valence-corrected chi connectivity index (χ2v) is 13.3. The second kappa shape index (κ2) is 12.4. The Kier molecular flexibility index (Phi) is 11.1.